The zero-order valence-corrected chi connectivity index (χ0v) is 21.7. The van der Waals surface area contributed by atoms with Gasteiger partial charge in [0.2, 0.25) is 5.91 Å². The van der Waals surface area contributed by atoms with Gasteiger partial charge in [-0.3, -0.25) is 9.10 Å². The molecule has 0 saturated carbocycles. The minimum Gasteiger partial charge on any atom is -0.497 e. The monoisotopic (exact) mass is 514 g/mol. The van der Waals surface area contributed by atoms with Crippen LogP contribution >= 0.6 is 11.8 Å². The second kappa shape index (κ2) is 12.5. The zero-order chi connectivity index (χ0) is 25.3. The Labute approximate surface area is 211 Å². The highest BCUT2D eigenvalue weighted by Gasteiger charge is 2.29. The minimum absolute atomic E-state index is 0.0827. The summed E-state index contributed by atoms with van der Waals surface area (Å²) in [5.41, 5.74) is 2.69. The summed E-state index contributed by atoms with van der Waals surface area (Å²) >= 11 is 1.70. The van der Waals surface area contributed by atoms with Crippen molar-refractivity contribution in [3.05, 3.63) is 83.9 Å². The molecule has 3 aromatic carbocycles. The molecule has 1 N–H and O–H groups in total. The zero-order valence-electron chi connectivity index (χ0n) is 20.1. The number of carbonyl (C=O) groups is 1. The van der Waals surface area contributed by atoms with E-state index < -0.39 is 15.9 Å². The van der Waals surface area contributed by atoms with Gasteiger partial charge in [-0.1, -0.05) is 48.0 Å². The van der Waals surface area contributed by atoms with Crippen LogP contribution in [0.25, 0.3) is 0 Å². The number of rotatable bonds is 12. The fraction of sp³-hybridized carbons (Fsp3) is 0.269. The summed E-state index contributed by atoms with van der Waals surface area (Å²) in [7, 11) is -1.08. The van der Waals surface area contributed by atoms with E-state index >= 15 is 0 Å². The number of sulfonamides is 1. The Morgan fingerprint density at radius 1 is 0.971 bits per heavy atom. The quantitative estimate of drug-likeness (QED) is 0.364. The van der Waals surface area contributed by atoms with E-state index in [9.17, 15) is 13.2 Å². The average molecular weight is 515 g/mol. The standard InChI is InChI=1S/C26H30N2O5S2/c1-20-9-11-21(12-10-20)19-34-16-15-27-26(29)18-28(35(30,31)23-7-5-4-6-8-23)24-14-13-22(32-2)17-25(24)33-3/h4-14,17H,15-16,18-19H2,1-3H3,(H,27,29). The molecule has 0 aliphatic rings. The van der Waals surface area contributed by atoms with Crippen molar-refractivity contribution in [3.63, 3.8) is 0 Å². The maximum atomic E-state index is 13.5. The Balaban J connectivity index is 1.71. The molecule has 0 saturated heterocycles. The Morgan fingerprint density at radius 3 is 2.34 bits per heavy atom. The van der Waals surface area contributed by atoms with Gasteiger partial charge in [0.25, 0.3) is 10.0 Å². The van der Waals surface area contributed by atoms with E-state index in [2.05, 4.69) is 36.5 Å². The molecule has 9 heteroatoms. The van der Waals surface area contributed by atoms with E-state index in [0.29, 0.717) is 18.0 Å². The first-order valence-corrected chi connectivity index (χ1v) is 13.6. The highest BCUT2D eigenvalue weighted by atomic mass is 32.2. The number of carbonyl (C=O) groups excluding carboxylic acids is 1. The number of nitrogens with zero attached hydrogens (tertiary/aromatic N) is 1. The Bertz CT molecular complexity index is 1220. The summed E-state index contributed by atoms with van der Waals surface area (Å²) in [5.74, 6) is 1.94. The van der Waals surface area contributed by atoms with Gasteiger partial charge in [-0.25, -0.2) is 8.42 Å². The third-order valence-corrected chi connectivity index (χ3v) is 8.04. The van der Waals surface area contributed by atoms with E-state index in [1.54, 1.807) is 48.2 Å². The molecule has 186 valence electrons. The normalized spacial score (nSPS) is 11.1. The summed E-state index contributed by atoms with van der Waals surface area (Å²) in [6.45, 7) is 2.09. The summed E-state index contributed by atoms with van der Waals surface area (Å²) in [4.78, 5) is 12.9. The number of methoxy groups -OCH3 is 2. The second-order valence-corrected chi connectivity index (χ2v) is 10.7. The summed E-state index contributed by atoms with van der Waals surface area (Å²) in [5, 5.41) is 2.83. The molecule has 35 heavy (non-hydrogen) atoms. The molecule has 0 spiro atoms. The topological polar surface area (TPSA) is 84.9 Å². The van der Waals surface area contributed by atoms with Gasteiger partial charge < -0.3 is 14.8 Å². The molecule has 0 aliphatic heterocycles. The summed E-state index contributed by atoms with van der Waals surface area (Å²) in [6.07, 6.45) is 0. The van der Waals surface area contributed by atoms with Gasteiger partial charge in [0.05, 0.1) is 24.8 Å². The van der Waals surface area contributed by atoms with Crippen molar-refractivity contribution in [2.75, 3.05) is 37.4 Å². The molecule has 0 atom stereocenters. The molecular weight excluding hydrogens is 484 g/mol. The highest BCUT2D eigenvalue weighted by molar-refractivity contribution is 7.98. The number of thioether (sulfide) groups is 1. The van der Waals surface area contributed by atoms with Crippen molar-refractivity contribution in [1.29, 1.82) is 0 Å². The first-order valence-electron chi connectivity index (χ1n) is 11.0. The lowest BCUT2D eigenvalue weighted by molar-refractivity contribution is -0.119. The van der Waals surface area contributed by atoms with Crippen LogP contribution in [0.3, 0.4) is 0 Å². The maximum Gasteiger partial charge on any atom is 0.264 e. The van der Waals surface area contributed by atoms with Crippen LogP contribution in [0.2, 0.25) is 0 Å². The van der Waals surface area contributed by atoms with Crippen LogP contribution in [0.4, 0.5) is 5.69 Å². The lowest BCUT2D eigenvalue weighted by Crippen LogP contribution is -2.41. The van der Waals surface area contributed by atoms with Crippen LogP contribution in [0.5, 0.6) is 11.5 Å². The van der Waals surface area contributed by atoms with Crippen LogP contribution in [0.15, 0.2) is 77.7 Å². The smallest absolute Gasteiger partial charge is 0.264 e. The van der Waals surface area contributed by atoms with Crippen molar-refractivity contribution in [2.45, 2.75) is 17.6 Å². The summed E-state index contributed by atoms with van der Waals surface area (Å²) in [6, 6.07) is 21.1. The van der Waals surface area contributed by atoms with Crippen molar-refractivity contribution in [3.8, 4) is 11.5 Å². The van der Waals surface area contributed by atoms with Crippen LogP contribution < -0.4 is 19.1 Å². The predicted molar refractivity (Wildman–Crippen MR) is 141 cm³/mol. The molecule has 0 aromatic heterocycles. The largest absolute Gasteiger partial charge is 0.497 e. The van der Waals surface area contributed by atoms with E-state index in [-0.39, 0.29) is 22.9 Å². The number of nitrogens with one attached hydrogen (secondary N) is 1. The Kier molecular flexibility index (Phi) is 9.45. The highest BCUT2D eigenvalue weighted by Crippen LogP contribution is 2.35. The van der Waals surface area contributed by atoms with Gasteiger partial charge in [-0.05, 0) is 36.8 Å². The number of hydrogen-bond acceptors (Lipinski definition) is 6. The SMILES string of the molecule is COc1ccc(N(CC(=O)NCCSCc2ccc(C)cc2)S(=O)(=O)c2ccccc2)c(OC)c1. The van der Waals surface area contributed by atoms with Gasteiger partial charge in [0, 0.05) is 24.1 Å². The van der Waals surface area contributed by atoms with Crippen LogP contribution in [0, 0.1) is 6.92 Å². The lowest BCUT2D eigenvalue weighted by atomic mass is 10.2. The number of aryl methyl sites for hydroxylation is 1. The first kappa shape index (κ1) is 26.4. The van der Waals surface area contributed by atoms with E-state index in [4.69, 9.17) is 9.47 Å². The van der Waals surface area contributed by atoms with Crippen molar-refractivity contribution < 1.29 is 22.7 Å². The van der Waals surface area contributed by atoms with E-state index in [1.165, 1.54) is 37.5 Å². The minimum atomic E-state index is -4.03. The number of hydrogen-bond donors (Lipinski definition) is 1. The summed E-state index contributed by atoms with van der Waals surface area (Å²) < 4.78 is 38.7. The van der Waals surface area contributed by atoms with Gasteiger partial charge >= 0.3 is 0 Å². The molecule has 0 fully saturated rings. The van der Waals surface area contributed by atoms with Crippen LogP contribution in [-0.4, -0.2) is 47.4 Å². The average Bonchev–Trinajstić information content (AvgIpc) is 2.88. The van der Waals surface area contributed by atoms with Crippen molar-refractivity contribution in [1.82, 2.24) is 5.32 Å². The molecule has 3 rings (SSSR count). The molecule has 7 nitrogen and oxygen atoms in total. The number of amides is 1. The molecule has 0 heterocycles. The lowest BCUT2D eigenvalue weighted by Gasteiger charge is -2.26. The molecule has 0 unspecified atom stereocenters. The van der Waals surface area contributed by atoms with Crippen LogP contribution in [-0.2, 0) is 20.6 Å². The van der Waals surface area contributed by atoms with E-state index in [0.717, 1.165) is 10.1 Å². The van der Waals surface area contributed by atoms with Crippen molar-refractivity contribution >= 4 is 33.4 Å². The van der Waals surface area contributed by atoms with Crippen molar-refractivity contribution in [2.24, 2.45) is 0 Å². The molecule has 3 aromatic rings. The van der Waals surface area contributed by atoms with Gasteiger partial charge in [-0.15, -0.1) is 0 Å². The molecule has 1 amide bonds. The van der Waals surface area contributed by atoms with Gasteiger partial charge in [0.15, 0.2) is 0 Å². The third-order valence-electron chi connectivity index (χ3n) is 5.23. The molecule has 0 aliphatic carbocycles. The first-order chi connectivity index (χ1) is 16.8. The van der Waals surface area contributed by atoms with Crippen LogP contribution in [0.1, 0.15) is 11.1 Å². The fourth-order valence-corrected chi connectivity index (χ4v) is 5.61. The molecular formula is C26H30N2O5S2. The number of ether oxygens (including phenoxy) is 2. The van der Waals surface area contributed by atoms with Gasteiger partial charge in [-0.2, -0.15) is 11.8 Å². The second-order valence-electron chi connectivity index (χ2n) is 7.75. The Hall–Kier alpha value is -3.17. The van der Waals surface area contributed by atoms with Gasteiger partial charge in [0.1, 0.15) is 18.0 Å². The Morgan fingerprint density at radius 2 is 1.69 bits per heavy atom. The predicted octanol–water partition coefficient (Wildman–Crippen LogP) is 4.26. The molecule has 0 bridgehead atoms. The fourth-order valence-electron chi connectivity index (χ4n) is 3.33. The van der Waals surface area contributed by atoms with E-state index in [1.807, 2.05) is 0 Å². The molecule has 0 radical (unpaired) electrons. The number of anilines is 1. The maximum absolute atomic E-state index is 13.5. The number of benzene rings is 3. The third kappa shape index (κ3) is 7.16.